The SMILES string of the molecule is Cc1cccc(C(Nc2cc(Cl)nc(C)n2)c2ccccn2)c1. The summed E-state index contributed by atoms with van der Waals surface area (Å²) in [7, 11) is 0. The van der Waals surface area contributed by atoms with Crippen LogP contribution in [0.4, 0.5) is 5.82 Å². The lowest BCUT2D eigenvalue weighted by Gasteiger charge is -2.20. The Hall–Kier alpha value is -2.46. The molecule has 0 aliphatic carbocycles. The molecular weight excluding hydrogens is 308 g/mol. The average Bonchev–Trinajstić information content (AvgIpc) is 2.52. The molecule has 2 aromatic heterocycles. The zero-order valence-corrected chi connectivity index (χ0v) is 13.7. The molecule has 3 rings (SSSR count). The number of aryl methyl sites for hydroxylation is 2. The monoisotopic (exact) mass is 324 g/mol. The minimum Gasteiger partial charge on any atom is -0.357 e. The molecule has 0 amide bonds. The van der Waals surface area contributed by atoms with Crippen molar-refractivity contribution in [3.63, 3.8) is 0 Å². The van der Waals surface area contributed by atoms with Gasteiger partial charge < -0.3 is 5.32 Å². The van der Waals surface area contributed by atoms with E-state index < -0.39 is 0 Å². The maximum atomic E-state index is 6.04. The lowest BCUT2D eigenvalue weighted by molar-refractivity contribution is 0.870. The van der Waals surface area contributed by atoms with Gasteiger partial charge in [0.1, 0.15) is 16.8 Å². The first kappa shape index (κ1) is 15.4. The first-order valence-corrected chi connectivity index (χ1v) is 7.75. The number of nitrogens with zero attached hydrogens (tertiary/aromatic N) is 3. The van der Waals surface area contributed by atoms with Crippen LogP contribution in [0.2, 0.25) is 5.15 Å². The van der Waals surface area contributed by atoms with Gasteiger partial charge in [0.2, 0.25) is 0 Å². The van der Waals surface area contributed by atoms with Crippen LogP contribution in [-0.4, -0.2) is 15.0 Å². The summed E-state index contributed by atoms with van der Waals surface area (Å²) in [5.41, 5.74) is 3.24. The fourth-order valence-electron chi connectivity index (χ4n) is 2.48. The van der Waals surface area contributed by atoms with E-state index in [4.69, 9.17) is 11.6 Å². The molecule has 116 valence electrons. The van der Waals surface area contributed by atoms with Crippen LogP contribution < -0.4 is 5.32 Å². The third-order valence-electron chi connectivity index (χ3n) is 3.46. The molecule has 1 atom stereocenters. The zero-order chi connectivity index (χ0) is 16.2. The number of halogens is 1. The van der Waals surface area contributed by atoms with Gasteiger partial charge in [-0.1, -0.05) is 47.5 Å². The van der Waals surface area contributed by atoms with Gasteiger partial charge in [0.05, 0.1) is 11.7 Å². The molecule has 1 unspecified atom stereocenters. The fraction of sp³-hybridized carbons (Fsp3) is 0.167. The molecule has 0 bridgehead atoms. The normalized spacial score (nSPS) is 12.0. The first-order chi connectivity index (χ1) is 11.1. The third kappa shape index (κ3) is 3.85. The van der Waals surface area contributed by atoms with Crippen LogP contribution in [0, 0.1) is 13.8 Å². The number of hydrogen-bond donors (Lipinski definition) is 1. The van der Waals surface area contributed by atoms with Gasteiger partial charge in [0, 0.05) is 12.3 Å². The number of pyridine rings is 1. The highest BCUT2D eigenvalue weighted by molar-refractivity contribution is 6.29. The molecule has 1 aromatic carbocycles. The molecule has 0 aliphatic heterocycles. The van der Waals surface area contributed by atoms with Crippen molar-refractivity contribution in [2.45, 2.75) is 19.9 Å². The second kappa shape index (κ2) is 6.75. The molecular formula is C18H17ClN4. The smallest absolute Gasteiger partial charge is 0.134 e. The molecule has 0 spiro atoms. The molecule has 0 fully saturated rings. The standard InChI is InChI=1S/C18H17ClN4/c1-12-6-5-7-14(10-12)18(15-8-3-4-9-20-15)23-17-11-16(19)21-13(2)22-17/h3-11,18H,1-2H3,(H,21,22,23). The highest BCUT2D eigenvalue weighted by Crippen LogP contribution is 2.26. The van der Waals surface area contributed by atoms with Crippen molar-refractivity contribution < 1.29 is 0 Å². The van der Waals surface area contributed by atoms with Crippen molar-refractivity contribution >= 4 is 17.4 Å². The summed E-state index contributed by atoms with van der Waals surface area (Å²) in [4.78, 5) is 13.0. The maximum absolute atomic E-state index is 6.04. The number of nitrogens with one attached hydrogen (secondary N) is 1. The van der Waals surface area contributed by atoms with Crippen LogP contribution in [0.15, 0.2) is 54.7 Å². The minimum atomic E-state index is -0.110. The van der Waals surface area contributed by atoms with Crippen molar-refractivity contribution in [1.82, 2.24) is 15.0 Å². The fourth-order valence-corrected chi connectivity index (χ4v) is 2.70. The largest absolute Gasteiger partial charge is 0.357 e. The predicted octanol–water partition coefficient (Wildman–Crippen LogP) is 4.34. The molecule has 2 heterocycles. The van der Waals surface area contributed by atoms with Crippen LogP contribution >= 0.6 is 11.6 Å². The van der Waals surface area contributed by atoms with E-state index in [2.05, 4.69) is 45.4 Å². The van der Waals surface area contributed by atoms with Crippen LogP contribution in [0.1, 0.15) is 28.7 Å². The zero-order valence-electron chi connectivity index (χ0n) is 13.0. The van der Waals surface area contributed by atoms with E-state index in [1.807, 2.05) is 31.2 Å². The topological polar surface area (TPSA) is 50.7 Å². The Labute approximate surface area is 140 Å². The molecule has 3 aromatic rings. The average molecular weight is 325 g/mol. The van der Waals surface area contributed by atoms with E-state index in [1.165, 1.54) is 5.56 Å². The molecule has 5 heteroatoms. The number of anilines is 1. The van der Waals surface area contributed by atoms with E-state index >= 15 is 0 Å². The third-order valence-corrected chi connectivity index (χ3v) is 3.65. The van der Waals surface area contributed by atoms with E-state index in [0.29, 0.717) is 16.8 Å². The predicted molar refractivity (Wildman–Crippen MR) is 92.7 cm³/mol. The van der Waals surface area contributed by atoms with E-state index in [-0.39, 0.29) is 6.04 Å². The molecule has 1 N–H and O–H groups in total. The van der Waals surface area contributed by atoms with Crippen LogP contribution in [0.3, 0.4) is 0 Å². The van der Waals surface area contributed by atoms with Gasteiger partial charge in [-0.15, -0.1) is 0 Å². The summed E-state index contributed by atoms with van der Waals surface area (Å²) < 4.78 is 0. The van der Waals surface area contributed by atoms with Crippen molar-refractivity contribution in [2.75, 3.05) is 5.32 Å². The van der Waals surface area contributed by atoms with Crippen molar-refractivity contribution in [3.8, 4) is 0 Å². The van der Waals surface area contributed by atoms with E-state index in [1.54, 1.807) is 12.3 Å². The molecule has 4 nitrogen and oxygen atoms in total. The minimum absolute atomic E-state index is 0.110. The number of rotatable bonds is 4. The van der Waals surface area contributed by atoms with Gasteiger partial charge >= 0.3 is 0 Å². The lowest BCUT2D eigenvalue weighted by Crippen LogP contribution is -2.15. The number of hydrogen-bond acceptors (Lipinski definition) is 4. The van der Waals surface area contributed by atoms with E-state index in [9.17, 15) is 0 Å². The Bertz CT molecular complexity index is 785. The molecule has 0 saturated heterocycles. The van der Waals surface area contributed by atoms with Crippen molar-refractivity contribution in [3.05, 3.63) is 82.5 Å². The molecule has 0 radical (unpaired) electrons. The van der Waals surface area contributed by atoms with Crippen LogP contribution in [0.5, 0.6) is 0 Å². The Morgan fingerprint density at radius 3 is 2.57 bits per heavy atom. The molecule has 23 heavy (non-hydrogen) atoms. The van der Waals surface area contributed by atoms with Crippen LogP contribution in [0.25, 0.3) is 0 Å². The van der Waals surface area contributed by atoms with Gasteiger partial charge in [-0.25, -0.2) is 9.97 Å². The highest BCUT2D eigenvalue weighted by atomic mass is 35.5. The summed E-state index contributed by atoms with van der Waals surface area (Å²) in [6.07, 6.45) is 1.79. The number of benzene rings is 1. The summed E-state index contributed by atoms with van der Waals surface area (Å²) in [5, 5.41) is 3.84. The molecule has 0 saturated carbocycles. The lowest BCUT2D eigenvalue weighted by atomic mass is 10.0. The summed E-state index contributed by atoms with van der Waals surface area (Å²) in [6.45, 7) is 3.89. The Morgan fingerprint density at radius 1 is 1.00 bits per heavy atom. The van der Waals surface area contributed by atoms with Gasteiger partial charge in [0.15, 0.2) is 0 Å². The highest BCUT2D eigenvalue weighted by Gasteiger charge is 2.16. The van der Waals surface area contributed by atoms with Crippen molar-refractivity contribution in [2.24, 2.45) is 0 Å². The van der Waals surface area contributed by atoms with Gasteiger partial charge in [-0.3, -0.25) is 4.98 Å². The second-order valence-corrected chi connectivity index (χ2v) is 5.76. The first-order valence-electron chi connectivity index (χ1n) is 7.37. The Morgan fingerprint density at radius 2 is 1.87 bits per heavy atom. The van der Waals surface area contributed by atoms with Gasteiger partial charge in [0.25, 0.3) is 0 Å². The Balaban J connectivity index is 2.02. The van der Waals surface area contributed by atoms with Gasteiger partial charge in [-0.2, -0.15) is 0 Å². The van der Waals surface area contributed by atoms with Crippen molar-refractivity contribution in [1.29, 1.82) is 0 Å². The summed E-state index contributed by atoms with van der Waals surface area (Å²) in [5.74, 6) is 1.31. The Kier molecular flexibility index (Phi) is 4.53. The second-order valence-electron chi connectivity index (χ2n) is 5.37. The quantitative estimate of drug-likeness (QED) is 0.725. The van der Waals surface area contributed by atoms with E-state index in [0.717, 1.165) is 11.3 Å². The summed E-state index contributed by atoms with van der Waals surface area (Å²) in [6, 6.07) is 15.8. The summed E-state index contributed by atoms with van der Waals surface area (Å²) >= 11 is 6.04. The van der Waals surface area contributed by atoms with Crippen LogP contribution in [-0.2, 0) is 0 Å². The molecule has 0 aliphatic rings. The maximum Gasteiger partial charge on any atom is 0.134 e. The number of aromatic nitrogens is 3. The van der Waals surface area contributed by atoms with Gasteiger partial charge in [-0.05, 0) is 31.5 Å².